The third-order valence-corrected chi connectivity index (χ3v) is 20.4. The van der Waals surface area contributed by atoms with Crippen molar-refractivity contribution in [2.75, 3.05) is 39.6 Å². The van der Waals surface area contributed by atoms with Crippen LogP contribution in [0.5, 0.6) is 0 Å². The third kappa shape index (κ3) is 72.4. The number of carbonyl (C=O) groups excluding carboxylic acids is 4. The fourth-order valence-electron chi connectivity index (χ4n) is 12.2. The number of esters is 4. The zero-order valence-corrected chi connectivity index (χ0v) is 65.9. The molecule has 0 aliphatic carbocycles. The summed E-state index contributed by atoms with van der Waals surface area (Å²) in [6, 6.07) is 0. The number of ether oxygens (including phenoxy) is 4. The summed E-state index contributed by atoms with van der Waals surface area (Å²) in [4.78, 5) is 72.6. The van der Waals surface area contributed by atoms with Gasteiger partial charge in [0.1, 0.15) is 19.3 Å². The Morgan fingerprint density at radius 2 is 0.469 bits per heavy atom. The first-order valence-corrected chi connectivity index (χ1v) is 44.0. The molecular weight excluding hydrogens is 1280 g/mol. The van der Waals surface area contributed by atoms with Crippen LogP contribution >= 0.6 is 15.6 Å². The molecule has 0 aromatic heterocycles. The van der Waals surface area contributed by atoms with E-state index in [-0.39, 0.29) is 25.7 Å². The van der Waals surface area contributed by atoms with E-state index in [1.807, 2.05) is 0 Å². The summed E-state index contributed by atoms with van der Waals surface area (Å²) < 4.78 is 68.4. The van der Waals surface area contributed by atoms with Gasteiger partial charge in [-0.1, -0.05) is 363 Å². The van der Waals surface area contributed by atoms with Crippen molar-refractivity contribution in [2.45, 2.75) is 432 Å². The second kappa shape index (κ2) is 70.7. The van der Waals surface area contributed by atoms with Crippen molar-refractivity contribution >= 4 is 39.5 Å². The van der Waals surface area contributed by atoms with Crippen molar-refractivity contribution in [2.24, 2.45) is 11.8 Å². The summed E-state index contributed by atoms with van der Waals surface area (Å²) in [5.74, 6) is -0.560. The topological polar surface area (TPSA) is 237 Å². The summed E-state index contributed by atoms with van der Waals surface area (Å²) in [6.45, 7) is 9.55. The molecule has 17 nitrogen and oxygen atoms in total. The van der Waals surface area contributed by atoms with Gasteiger partial charge >= 0.3 is 39.5 Å². The van der Waals surface area contributed by atoms with Crippen LogP contribution < -0.4 is 0 Å². The normalized spacial score (nSPS) is 13.9. The average molecular weight is 1440 g/mol. The first-order chi connectivity index (χ1) is 47.4. The monoisotopic (exact) mass is 1440 g/mol. The lowest BCUT2D eigenvalue weighted by Gasteiger charge is -2.21. The highest BCUT2D eigenvalue weighted by atomic mass is 31.2. The highest BCUT2D eigenvalue weighted by molar-refractivity contribution is 7.47. The highest BCUT2D eigenvalue weighted by Gasteiger charge is 2.30. The van der Waals surface area contributed by atoms with Gasteiger partial charge in [0.15, 0.2) is 12.2 Å². The van der Waals surface area contributed by atoms with E-state index in [1.54, 1.807) is 0 Å². The number of phosphoric ester groups is 2. The van der Waals surface area contributed by atoms with E-state index in [0.29, 0.717) is 25.7 Å². The van der Waals surface area contributed by atoms with Gasteiger partial charge in [0.2, 0.25) is 0 Å². The van der Waals surface area contributed by atoms with Gasteiger partial charge in [-0.3, -0.25) is 37.3 Å². The number of hydrogen-bond donors (Lipinski definition) is 3. The molecule has 0 radical (unpaired) electrons. The lowest BCUT2D eigenvalue weighted by atomic mass is 10.0. The molecule has 2 unspecified atom stereocenters. The lowest BCUT2D eigenvalue weighted by molar-refractivity contribution is -0.161. The second-order valence-electron chi connectivity index (χ2n) is 29.4. The molecule has 582 valence electrons. The van der Waals surface area contributed by atoms with E-state index in [1.165, 1.54) is 225 Å². The van der Waals surface area contributed by atoms with Crippen LogP contribution in [0.25, 0.3) is 0 Å². The number of hydrogen-bond acceptors (Lipinski definition) is 15. The van der Waals surface area contributed by atoms with Gasteiger partial charge in [0.25, 0.3) is 0 Å². The van der Waals surface area contributed by atoms with Gasteiger partial charge in [0, 0.05) is 25.7 Å². The van der Waals surface area contributed by atoms with Crippen molar-refractivity contribution in [1.29, 1.82) is 0 Å². The summed E-state index contributed by atoms with van der Waals surface area (Å²) in [6.07, 6.45) is 60.2. The predicted molar refractivity (Wildman–Crippen MR) is 400 cm³/mol. The van der Waals surface area contributed by atoms with E-state index in [2.05, 4.69) is 41.5 Å². The maximum atomic E-state index is 13.1. The minimum atomic E-state index is -4.96. The minimum Gasteiger partial charge on any atom is -0.462 e. The molecule has 0 saturated heterocycles. The fourth-order valence-corrected chi connectivity index (χ4v) is 13.8. The fraction of sp³-hybridized carbons (Fsp3) is 0.949. The van der Waals surface area contributed by atoms with E-state index >= 15 is 0 Å². The van der Waals surface area contributed by atoms with Crippen LogP contribution in [0.3, 0.4) is 0 Å². The van der Waals surface area contributed by atoms with Crippen LogP contribution in [0, 0.1) is 11.8 Å². The van der Waals surface area contributed by atoms with Crippen molar-refractivity contribution in [3.05, 3.63) is 0 Å². The quantitative estimate of drug-likeness (QED) is 0.0222. The maximum Gasteiger partial charge on any atom is 0.472 e. The molecular formula is C79H154O17P2. The number of rotatable bonds is 78. The Labute approximate surface area is 600 Å². The van der Waals surface area contributed by atoms with Gasteiger partial charge < -0.3 is 33.8 Å². The third-order valence-electron chi connectivity index (χ3n) is 18.5. The Hall–Kier alpha value is -1.94. The predicted octanol–water partition coefficient (Wildman–Crippen LogP) is 23.5. The molecule has 0 saturated carbocycles. The molecule has 0 bridgehead atoms. The number of unbranched alkanes of at least 4 members (excludes halogenated alkanes) is 48. The van der Waals surface area contributed by atoms with Crippen LogP contribution in [-0.4, -0.2) is 96.7 Å². The molecule has 5 atom stereocenters. The van der Waals surface area contributed by atoms with Crippen molar-refractivity contribution in [1.82, 2.24) is 0 Å². The van der Waals surface area contributed by atoms with Crippen LogP contribution in [0.4, 0.5) is 0 Å². The van der Waals surface area contributed by atoms with Crippen LogP contribution in [0.1, 0.15) is 414 Å². The molecule has 0 aromatic rings. The molecule has 3 N–H and O–H groups in total. The highest BCUT2D eigenvalue weighted by Crippen LogP contribution is 2.45. The second-order valence-corrected chi connectivity index (χ2v) is 32.3. The Morgan fingerprint density at radius 1 is 0.276 bits per heavy atom. The molecule has 0 rings (SSSR count). The number of phosphoric acid groups is 2. The van der Waals surface area contributed by atoms with Crippen LogP contribution in [-0.2, 0) is 65.4 Å². The summed E-state index contributed by atoms with van der Waals surface area (Å²) in [5, 5.41) is 10.6. The maximum absolute atomic E-state index is 13.1. The Bertz CT molecular complexity index is 1890. The molecule has 0 aliphatic heterocycles. The largest absolute Gasteiger partial charge is 0.472 e. The minimum absolute atomic E-state index is 0.106. The number of aliphatic hydroxyl groups excluding tert-OH is 1. The zero-order valence-electron chi connectivity index (χ0n) is 64.1. The molecule has 0 heterocycles. The molecule has 0 aliphatic rings. The molecule has 19 heteroatoms. The molecule has 0 fully saturated rings. The van der Waals surface area contributed by atoms with E-state index in [4.69, 9.17) is 37.0 Å². The van der Waals surface area contributed by atoms with Gasteiger partial charge in [-0.25, -0.2) is 9.13 Å². The molecule has 98 heavy (non-hydrogen) atoms. The first-order valence-electron chi connectivity index (χ1n) is 41.0. The van der Waals surface area contributed by atoms with Crippen LogP contribution in [0.2, 0.25) is 0 Å². The van der Waals surface area contributed by atoms with Crippen molar-refractivity contribution in [3.8, 4) is 0 Å². The standard InChI is InChI=1S/C79H154O17P2/c1-7-9-11-13-14-15-16-17-18-19-20-21-22-23-24-25-30-35-40-45-51-57-63-79(84)96-75(68-90-77(82)62-56-50-44-39-34-29-27-26-28-32-37-42-48-53-59-71(3)4)70-94-98(87,88)92-66-73(80)65-91-97(85,86)93-69-74(67-89-76(81)61-55-47-12-10-8-2)95-78(83)64-58-52-46-41-36-31-33-38-43-49-54-60-72(5)6/h71-75,80H,7-70H2,1-6H3,(H,85,86)(H,87,88)/t73-,74+,75+/m0/s1. The van der Waals surface area contributed by atoms with Crippen molar-refractivity contribution in [3.63, 3.8) is 0 Å². The molecule has 0 aromatic carbocycles. The number of carbonyl (C=O) groups is 4. The van der Waals surface area contributed by atoms with Gasteiger partial charge in [0.05, 0.1) is 26.4 Å². The smallest absolute Gasteiger partial charge is 0.462 e. The van der Waals surface area contributed by atoms with Crippen LogP contribution in [0.15, 0.2) is 0 Å². The average Bonchev–Trinajstić information content (AvgIpc) is 1.06. The van der Waals surface area contributed by atoms with E-state index in [0.717, 1.165) is 108 Å². The van der Waals surface area contributed by atoms with E-state index < -0.39 is 97.5 Å². The van der Waals surface area contributed by atoms with E-state index in [9.17, 15) is 43.2 Å². The first kappa shape index (κ1) is 96.1. The Morgan fingerprint density at radius 3 is 0.694 bits per heavy atom. The summed E-state index contributed by atoms with van der Waals surface area (Å²) >= 11 is 0. The summed E-state index contributed by atoms with van der Waals surface area (Å²) in [5.41, 5.74) is 0. The lowest BCUT2D eigenvalue weighted by Crippen LogP contribution is -2.30. The Balaban J connectivity index is 5.11. The molecule has 0 spiro atoms. The van der Waals surface area contributed by atoms with Gasteiger partial charge in [-0.15, -0.1) is 0 Å². The Kier molecular flexibility index (Phi) is 69.3. The number of aliphatic hydroxyl groups is 1. The van der Waals surface area contributed by atoms with Gasteiger partial charge in [-0.05, 0) is 37.5 Å². The molecule has 0 amide bonds. The summed E-state index contributed by atoms with van der Waals surface area (Å²) in [7, 11) is -9.91. The van der Waals surface area contributed by atoms with Crippen molar-refractivity contribution < 1.29 is 80.2 Å². The van der Waals surface area contributed by atoms with Gasteiger partial charge in [-0.2, -0.15) is 0 Å². The zero-order chi connectivity index (χ0) is 72.1. The SMILES string of the molecule is CCCCCCCCCCCCCCCCCCCCCCCCC(=O)O[C@H](COC(=O)CCCCCCCCCCCCCCCCC(C)C)COP(=O)(O)OC[C@@H](O)COP(=O)(O)OC[C@@H](COC(=O)CCCCCCC)OC(=O)CCCCCCCCCCCCCC(C)C.